The van der Waals surface area contributed by atoms with Crippen LogP contribution < -0.4 is 10.3 Å². The number of hydrogen-bond donors (Lipinski definition) is 1. The van der Waals surface area contributed by atoms with Gasteiger partial charge in [-0.15, -0.1) is 10.2 Å². The van der Waals surface area contributed by atoms with Crippen LogP contribution in [0.1, 0.15) is 46.6 Å². The van der Waals surface area contributed by atoms with Crippen LogP contribution >= 0.6 is 22.9 Å². The Morgan fingerprint density at radius 2 is 1.91 bits per heavy atom. The summed E-state index contributed by atoms with van der Waals surface area (Å²) in [5.74, 6) is -0.0199. The largest absolute Gasteiger partial charge is 0.508 e. The summed E-state index contributed by atoms with van der Waals surface area (Å²) in [6, 6.07) is 10.3. The van der Waals surface area contributed by atoms with Gasteiger partial charge in [-0.05, 0) is 41.8 Å². The summed E-state index contributed by atoms with van der Waals surface area (Å²) in [6.07, 6.45) is 0.732. The number of fused-ring (bicyclic) bond motifs is 2. The van der Waals surface area contributed by atoms with Gasteiger partial charge in [-0.1, -0.05) is 48.9 Å². The molecular weight excluding hydrogens is 450 g/mol. The number of phenolic OH excluding ortho intramolecular Hbond substituents is 1. The molecule has 32 heavy (non-hydrogen) atoms. The molecule has 9 heteroatoms. The Morgan fingerprint density at radius 1 is 1.16 bits per heavy atom. The van der Waals surface area contributed by atoms with E-state index in [0.29, 0.717) is 27.0 Å². The van der Waals surface area contributed by atoms with Crippen LogP contribution in [-0.2, 0) is 6.42 Å². The molecule has 1 amide bonds. The fourth-order valence-corrected chi connectivity index (χ4v) is 5.14. The monoisotopic (exact) mass is 467 g/mol. The van der Waals surface area contributed by atoms with Gasteiger partial charge in [-0.25, -0.2) is 0 Å². The molecule has 0 unspecified atom stereocenters. The quantitative estimate of drug-likeness (QED) is 0.456. The number of nitrogens with zero attached hydrogens (tertiary/aromatic N) is 3. The van der Waals surface area contributed by atoms with E-state index >= 15 is 0 Å². The molecule has 0 fully saturated rings. The standard InChI is InChI=1S/C23H18ClN3O4S/c1-11(2)9-17-25-26-23(32-17)27-19(12-3-6-14(28)7-4-12)18-20(29)15-10-13(24)5-8-16(15)31-21(18)22(27)30/h3-8,10-11,19,28H,9H2,1-2H3/t19-/m1/s1. The highest BCUT2D eigenvalue weighted by atomic mass is 35.5. The first-order valence-corrected chi connectivity index (χ1v) is 11.2. The highest BCUT2D eigenvalue weighted by Gasteiger charge is 2.45. The van der Waals surface area contributed by atoms with Crippen molar-refractivity contribution in [2.75, 3.05) is 4.90 Å². The molecule has 0 saturated carbocycles. The molecule has 1 N–H and O–H groups in total. The third-order valence-corrected chi connectivity index (χ3v) is 6.47. The summed E-state index contributed by atoms with van der Waals surface area (Å²) >= 11 is 7.42. The maximum absolute atomic E-state index is 13.5. The van der Waals surface area contributed by atoms with Crippen molar-refractivity contribution in [3.05, 3.63) is 79.6 Å². The Morgan fingerprint density at radius 3 is 2.62 bits per heavy atom. The van der Waals surface area contributed by atoms with E-state index in [9.17, 15) is 14.7 Å². The zero-order chi connectivity index (χ0) is 22.6. The Kier molecular flexibility index (Phi) is 4.98. The summed E-state index contributed by atoms with van der Waals surface area (Å²) in [7, 11) is 0. The van der Waals surface area contributed by atoms with Crippen molar-refractivity contribution in [3.8, 4) is 5.75 Å². The predicted octanol–water partition coefficient (Wildman–Crippen LogP) is 4.95. The molecule has 0 spiro atoms. The van der Waals surface area contributed by atoms with Crippen LogP contribution in [0.4, 0.5) is 5.13 Å². The van der Waals surface area contributed by atoms with Gasteiger partial charge in [-0.2, -0.15) is 0 Å². The van der Waals surface area contributed by atoms with Crippen LogP contribution in [0.2, 0.25) is 5.02 Å². The smallest absolute Gasteiger partial charge is 0.297 e. The minimum atomic E-state index is -0.766. The van der Waals surface area contributed by atoms with Gasteiger partial charge >= 0.3 is 0 Å². The van der Waals surface area contributed by atoms with Crippen LogP contribution in [0.3, 0.4) is 0 Å². The van der Waals surface area contributed by atoms with Crippen LogP contribution in [-0.4, -0.2) is 21.2 Å². The highest BCUT2D eigenvalue weighted by molar-refractivity contribution is 7.15. The zero-order valence-electron chi connectivity index (χ0n) is 17.2. The lowest BCUT2D eigenvalue weighted by Crippen LogP contribution is -2.29. The van der Waals surface area contributed by atoms with Gasteiger partial charge in [-0.3, -0.25) is 14.5 Å². The number of amides is 1. The van der Waals surface area contributed by atoms with E-state index in [1.165, 1.54) is 34.4 Å². The van der Waals surface area contributed by atoms with E-state index in [0.717, 1.165) is 11.4 Å². The fourth-order valence-electron chi connectivity index (χ4n) is 3.89. The lowest BCUT2D eigenvalue weighted by Gasteiger charge is -2.22. The molecule has 3 heterocycles. The fraction of sp³-hybridized carbons (Fsp3) is 0.217. The first-order chi connectivity index (χ1) is 15.3. The molecule has 162 valence electrons. The number of benzene rings is 2. The van der Waals surface area contributed by atoms with Gasteiger partial charge in [0.25, 0.3) is 5.91 Å². The second kappa shape index (κ2) is 7.72. The van der Waals surface area contributed by atoms with E-state index in [1.54, 1.807) is 24.3 Å². The number of hydrogen-bond acceptors (Lipinski definition) is 7. The van der Waals surface area contributed by atoms with Crippen molar-refractivity contribution in [1.82, 2.24) is 10.2 Å². The van der Waals surface area contributed by atoms with Crippen LogP contribution in [0, 0.1) is 5.92 Å². The average molecular weight is 468 g/mol. The molecule has 5 rings (SSSR count). The van der Waals surface area contributed by atoms with Crippen molar-refractivity contribution in [1.29, 1.82) is 0 Å². The molecule has 1 aliphatic rings. The van der Waals surface area contributed by atoms with Gasteiger partial charge in [0.05, 0.1) is 17.0 Å². The highest BCUT2D eigenvalue weighted by Crippen LogP contribution is 2.42. The third kappa shape index (κ3) is 3.36. The molecule has 2 aromatic carbocycles. The zero-order valence-corrected chi connectivity index (χ0v) is 18.8. The Balaban J connectivity index is 1.74. The maximum Gasteiger partial charge on any atom is 0.297 e. The number of phenols is 1. The normalized spacial score (nSPS) is 15.7. The molecule has 1 aliphatic heterocycles. The second-order valence-corrected chi connectivity index (χ2v) is 9.54. The van der Waals surface area contributed by atoms with E-state index in [4.69, 9.17) is 16.0 Å². The van der Waals surface area contributed by atoms with Crippen molar-refractivity contribution in [2.45, 2.75) is 26.3 Å². The lowest BCUT2D eigenvalue weighted by molar-refractivity contribution is 0.0970. The summed E-state index contributed by atoms with van der Waals surface area (Å²) < 4.78 is 5.91. The maximum atomic E-state index is 13.5. The number of aromatic nitrogens is 2. The first kappa shape index (κ1) is 20.7. The number of anilines is 1. The number of aromatic hydroxyl groups is 1. The lowest BCUT2D eigenvalue weighted by atomic mass is 9.98. The van der Waals surface area contributed by atoms with Gasteiger partial charge < -0.3 is 9.52 Å². The van der Waals surface area contributed by atoms with Crippen molar-refractivity contribution in [3.63, 3.8) is 0 Å². The van der Waals surface area contributed by atoms with Gasteiger partial charge in [0.2, 0.25) is 10.9 Å². The SMILES string of the molecule is CC(C)Cc1nnc(N2C(=O)c3oc4ccc(Cl)cc4c(=O)c3[C@H]2c2ccc(O)cc2)s1. The minimum Gasteiger partial charge on any atom is -0.508 e. The summed E-state index contributed by atoms with van der Waals surface area (Å²) in [5, 5.41) is 20.1. The molecule has 4 aromatic rings. The molecule has 0 saturated heterocycles. The molecule has 7 nitrogen and oxygen atoms in total. The number of carbonyl (C=O) groups is 1. The van der Waals surface area contributed by atoms with E-state index in [1.807, 2.05) is 0 Å². The Hall–Kier alpha value is -3.23. The van der Waals surface area contributed by atoms with Gasteiger partial charge in [0.15, 0.2) is 5.43 Å². The van der Waals surface area contributed by atoms with Crippen molar-refractivity contribution >= 4 is 44.9 Å². The molecule has 2 aromatic heterocycles. The number of rotatable bonds is 4. The predicted molar refractivity (Wildman–Crippen MR) is 123 cm³/mol. The van der Waals surface area contributed by atoms with E-state index in [2.05, 4.69) is 24.0 Å². The summed E-state index contributed by atoms with van der Waals surface area (Å²) in [5.41, 5.74) is 0.820. The van der Waals surface area contributed by atoms with Crippen molar-refractivity contribution in [2.24, 2.45) is 5.92 Å². The third-order valence-electron chi connectivity index (χ3n) is 5.29. The van der Waals surface area contributed by atoms with E-state index in [-0.39, 0.29) is 28.1 Å². The molecule has 1 atom stereocenters. The first-order valence-electron chi connectivity index (χ1n) is 10.0. The number of halogens is 1. The van der Waals surface area contributed by atoms with Gasteiger partial charge in [0.1, 0.15) is 16.3 Å². The molecule has 0 radical (unpaired) electrons. The van der Waals surface area contributed by atoms with Crippen LogP contribution in [0.5, 0.6) is 5.75 Å². The average Bonchev–Trinajstić information content (AvgIpc) is 3.31. The second-order valence-electron chi connectivity index (χ2n) is 8.06. The Bertz CT molecular complexity index is 1410. The topological polar surface area (TPSA) is 96.5 Å². The number of carbonyl (C=O) groups excluding carboxylic acids is 1. The van der Waals surface area contributed by atoms with Crippen LogP contribution in [0.15, 0.2) is 51.7 Å². The Labute approximate surface area is 191 Å². The van der Waals surface area contributed by atoms with Crippen LogP contribution in [0.25, 0.3) is 11.0 Å². The van der Waals surface area contributed by atoms with Crippen molar-refractivity contribution < 1.29 is 14.3 Å². The molecular formula is C23H18ClN3O4S. The van der Waals surface area contributed by atoms with E-state index < -0.39 is 11.9 Å². The van der Waals surface area contributed by atoms with Gasteiger partial charge in [0, 0.05) is 11.4 Å². The molecule has 0 bridgehead atoms. The molecule has 0 aliphatic carbocycles. The summed E-state index contributed by atoms with van der Waals surface area (Å²) in [4.78, 5) is 28.5. The summed E-state index contributed by atoms with van der Waals surface area (Å²) in [6.45, 7) is 4.16. The minimum absolute atomic E-state index is 0.0245.